The van der Waals surface area contributed by atoms with Gasteiger partial charge in [-0.25, -0.2) is 8.78 Å². The lowest BCUT2D eigenvalue weighted by Crippen LogP contribution is -2.52. The Morgan fingerprint density at radius 3 is 2.67 bits per heavy atom. The largest absolute Gasteiger partial charge is 0.493 e. The van der Waals surface area contributed by atoms with Crippen molar-refractivity contribution in [2.75, 3.05) is 19.7 Å². The van der Waals surface area contributed by atoms with E-state index < -0.39 is 24.2 Å². The molecule has 42 heavy (non-hydrogen) atoms. The van der Waals surface area contributed by atoms with E-state index in [1.165, 1.54) is 0 Å². The zero-order valence-corrected chi connectivity index (χ0v) is 23.8. The molecular weight excluding hydrogens is 548 g/mol. The van der Waals surface area contributed by atoms with Crippen molar-refractivity contribution < 1.29 is 33.0 Å². The topological polar surface area (TPSA) is 118 Å². The Morgan fingerprint density at radius 2 is 1.90 bits per heavy atom. The monoisotopic (exact) mass is 587 g/mol. The maximum atomic E-state index is 14.0. The molecule has 12 heteroatoms. The molecule has 4 bridgehead atoms. The molecule has 3 fully saturated rings. The molecule has 2 aromatic rings. The van der Waals surface area contributed by atoms with E-state index in [9.17, 15) is 23.5 Å². The molecule has 0 unspecified atom stereocenters. The van der Waals surface area contributed by atoms with Gasteiger partial charge in [-0.1, -0.05) is 6.07 Å². The van der Waals surface area contributed by atoms with Gasteiger partial charge in [0.15, 0.2) is 0 Å². The van der Waals surface area contributed by atoms with Crippen molar-refractivity contribution in [1.29, 1.82) is 0 Å². The summed E-state index contributed by atoms with van der Waals surface area (Å²) in [5.74, 6) is -2.80. The van der Waals surface area contributed by atoms with Crippen molar-refractivity contribution in [2.24, 2.45) is 7.05 Å². The quantitative estimate of drug-likeness (QED) is 0.495. The van der Waals surface area contributed by atoms with Gasteiger partial charge >= 0.3 is 0 Å². The van der Waals surface area contributed by atoms with E-state index in [0.717, 1.165) is 11.1 Å². The van der Waals surface area contributed by atoms with Crippen LogP contribution in [0, 0.1) is 0 Å². The fourth-order valence-electron chi connectivity index (χ4n) is 6.79. The van der Waals surface area contributed by atoms with E-state index >= 15 is 0 Å². The number of aryl methyl sites for hydroxylation is 1. The maximum Gasteiger partial charge on any atom is 0.255 e. The van der Waals surface area contributed by atoms with Crippen LogP contribution in [0.3, 0.4) is 0 Å². The number of carbonyl (C=O) groups excluding carboxylic acids is 2. The summed E-state index contributed by atoms with van der Waals surface area (Å²) < 4.78 is 42.0. The molecule has 4 aliphatic rings. The number of aromatic nitrogens is 2. The first-order valence-corrected chi connectivity index (χ1v) is 15.0. The number of halogens is 2. The first kappa shape index (κ1) is 29.0. The molecule has 228 valence electrons. The molecule has 1 aromatic carbocycles. The van der Waals surface area contributed by atoms with Crippen molar-refractivity contribution in [1.82, 2.24) is 25.3 Å². The van der Waals surface area contributed by atoms with Crippen LogP contribution in [0.15, 0.2) is 30.6 Å². The van der Waals surface area contributed by atoms with Crippen LogP contribution in [0.5, 0.6) is 5.75 Å². The van der Waals surface area contributed by atoms with Crippen LogP contribution >= 0.6 is 0 Å². The molecule has 2 amide bonds. The lowest BCUT2D eigenvalue weighted by atomic mass is 9.90. The molecule has 6 rings (SSSR count). The number of carbonyl (C=O) groups is 2. The van der Waals surface area contributed by atoms with Crippen molar-refractivity contribution >= 4 is 11.8 Å². The number of fused-ring (bicyclic) bond motifs is 5. The zero-order chi connectivity index (χ0) is 29.4. The van der Waals surface area contributed by atoms with Gasteiger partial charge in [0.25, 0.3) is 5.91 Å². The first-order valence-electron chi connectivity index (χ1n) is 15.0. The van der Waals surface area contributed by atoms with Crippen LogP contribution in [-0.2, 0) is 16.6 Å². The van der Waals surface area contributed by atoms with Crippen LogP contribution in [0.4, 0.5) is 8.78 Å². The van der Waals surface area contributed by atoms with Crippen molar-refractivity contribution in [3.8, 4) is 16.9 Å². The van der Waals surface area contributed by atoms with Crippen molar-refractivity contribution in [3.63, 3.8) is 0 Å². The van der Waals surface area contributed by atoms with E-state index in [1.807, 2.05) is 30.3 Å². The summed E-state index contributed by atoms with van der Waals surface area (Å²) >= 11 is 0. The Kier molecular flexibility index (Phi) is 8.21. The highest BCUT2D eigenvalue weighted by atomic mass is 19.3. The van der Waals surface area contributed by atoms with Crippen molar-refractivity contribution in [3.05, 3.63) is 36.2 Å². The average Bonchev–Trinajstić information content (AvgIpc) is 3.59. The first-order chi connectivity index (χ1) is 20.1. The van der Waals surface area contributed by atoms with Gasteiger partial charge < -0.3 is 25.2 Å². The molecule has 0 spiro atoms. The smallest absolute Gasteiger partial charge is 0.255 e. The Balaban J connectivity index is 1.28. The molecule has 5 atom stereocenters. The summed E-state index contributed by atoms with van der Waals surface area (Å²) in [6, 6.07) is 4.31. The molecule has 1 saturated carbocycles. The van der Waals surface area contributed by atoms with Gasteiger partial charge in [0, 0.05) is 63.2 Å². The highest BCUT2D eigenvalue weighted by Crippen LogP contribution is 2.38. The van der Waals surface area contributed by atoms with Gasteiger partial charge in [-0.15, -0.1) is 0 Å². The van der Waals surface area contributed by atoms with Gasteiger partial charge in [0.2, 0.25) is 11.8 Å². The number of likely N-dealkylation sites (tertiary alicyclic amines) is 1. The van der Waals surface area contributed by atoms with Crippen LogP contribution in [-0.4, -0.2) is 93.7 Å². The van der Waals surface area contributed by atoms with Crippen LogP contribution in [0.2, 0.25) is 0 Å². The number of rotatable bonds is 2. The van der Waals surface area contributed by atoms with E-state index in [1.54, 1.807) is 16.9 Å². The van der Waals surface area contributed by atoms with E-state index in [2.05, 4.69) is 15.7 Å². The minimum Gasteiger partial charge on any atom is -0.493 e. The Hall–Kier alpha value is -3.09. The second kappa shape index (κ2) is 11.9. The van der Waals surface area contributed by atoms with Gasteiger partial charge in [-0.3, -0.25) is 19.2 Å². The molecule has 2 saturated heterocycles. The second-order valence-electron chi connectivity index (χ2n) is 12.1. The zero-order valence-electron chi connectivity index (χ0n) is 23.8. The molecule has 1 aromatic heterocycles. The summed E-state index contributed by atoms with van der Waals surface area (Å²) in [4.78, 5) is 29.1. The van der Waals surface area contributed by atoms with Crippen LogP contribution in [0.1, 0.15) is 61.7 Å². The van der Waals surface area contributed by atoms with E-state index in [4.69, 9.17) is 9.47 Å². The number of aliphatic hydroxyl groups is 1. The second-order valence-corrected chi connectivity index (χ2v) is 12.1. The molecule has 1 aliphatic carbocycles. The summed E-state index contributed by atoms with van der Waals surface area (Å²) in [5.41, 5.74) is 2.13. The Morgan fingerprint density at radius 1 is 1.10 bits per heavy atom. The minimum atomic E-state index is -2.68. The highest BCUT2D eigenvalue weighted by molar-refractivity contribution is 5.98. The van der Waals surface area contributed by atoms with Gasteiger partial charge in [-0.2, -0.15) is 5.10 Å². The summed E-state index contributed by atoms with van der Waals surface area (Å²) in [5, 5.41) is 20.9. The highest BCUT2D eigenvalue weighted by Gasteiger charge is 2.45. The number of nitrogens with one attached hydrogen (secondary N) is 2. The lowest BCUT2D eigenvalue weighted by Gasteiger charge is -2.38. The number of alkyl halides is 2. The summed E-state index contributed by atoms with van der Waals surface area (Å²) in [6.45, 7) is 0.843. The number of aliphatic hydroxyl groups excluding tert-OH is 1. The molecule has 3 aliphatic heterocycles. The van der Waals surface area contributed by atoms with Crippen LogP contribution < -0.4 is 15.4 Å². The van der Waals surface area contributed by atoms with Gasteiger partial charge in [0.05, 0.1) is 36.6 Å². The lowest BCUT2D eigenvalue weighted by molar-refractivity contribution is -0.134. The fourth-order valence-corrected chi connectivity index (χ4v) is 6.79. The summed E-state index contributed by atoms with van der Waals surface area (Å²) in [6.07, 6.45) is 4.47. The summed E-state index contributed by atoms with van der Waals surface area (Å²) in [7, 11) is 1.84. The number of ether oxygens (including phenoxy) is 2. The molecule has 10 nitrogen and oxygen atoms in total. The third-order valence-electron chi connectivity index (χ3n) is 9.15. The van der Waals surface area contributed by atoms with E-state index in [-0.39, 0.29) is 62.2 Å². The Labute approximate surface area is 243 Å². The van der Waals surface area contributed by atoms with Gasteiger partial charge in [-0.05, 0) is 49.8 Å². The predicted octanol–water partition coefficient (Wildman–Crippen LogP) is 2.64. The number of benzene rings is 1. The third-order valence-corrected chi connectivity index (χ3v) is 9.15. The molecule has 0 radical (unpaired) electrons. The number of amides is 2. The Bertz CT molecular complexity index is 1290. The molecule has 4 heterocycles. The number of nitrogens with zero attached hydrogens (tertiary/aromatic N) is 3. The number of hydrogen-bond donors (Lipinski definition) is 3. The standard InChI is InChI=1S/C30H39F2N5O5/c1-36-16-19(14-34-36)18-2-4-23-26(12-18)41-11-8-22-3-5-25(38)27(42-22)15-33-29(40)24-13-20(35-28(23)39)17-37(24)21-6-9-30(31,32)10-7-21/h2,4,12,14,16,20-22,24-25,27,38H,3,5-11,13,15,17H2,1H3,(H,33,40)(H,35,39)/t20-,22-,24-,25-,27+/m0/s1. The predicted molar refractivity (Wildman–Crippen MR) is 149 cm³/mol. The molecule has 3 N–H and O–H groups in total. The van der Waals surface area contributed by atoms with Crippen LogP contribution in [0.25, 0.3) is 11.1 Å². The minimum absolute atomic E-state index is 0.152. The average molecular weight is 588 g/mol. The normalized spacial score (nSPS) is 31.1. The van der Waals surface area contributed by atoms with E-state index in [0.29, 0.717) is 50.1 Å². The third kappa shape index (κ3) is 6.30. The SMILES string of the molecule is Cn1cc(-c2ccc3c(c2)OCC[C@@H]2CC[C@H](O)[C@@H](CNC(=O)[C@@H]4C[C@@H](CN4C4CCC(F)(F)CC4)NC3=O)O2)cn1. The molecular formula is C30H39F2N5O5. The maximum absolute atomic E-state index is 14.0. The van der Waals surface area contributed by atoms with Gasteiger partial charge in [0.1, 0.15) is 11.9 Å². The van der Waals surface area contributed by atoms with Crippen molar-refractivity contribution in [2.45, 2.75) is 93.7 Å². The fraction of sp³-hybridized carbons (Fsp3) is 0.633. The number of hydrogen-bond acceptors (Lipinski definition) is 7.